The van der Waals surface area contributed by atoms with Gasteiger partial charge in [-0.05, 0) is 13.0 Å². The van der Waals surface area contributed by atoms with Gasteiger partial charge in [0.15, 0.2) is 0 Å². The van der Waals surface area contributed by atoms with Crippen LogP contribution in [0.5, 0.6) is 0 Å². The van der Waals surface area contributed by atoms with Gasteiger partial charge in [0.1, 0.15) is 0 Å². The molecular formula is C11H21N3O3. The lowest BCUT2D eigenvalue weighted by Gasteiger charge is -2.32. The van der Waals surface area contributed by atoms with Crippen LogP contribution in [0.3, 0.4) is 0 Å². The maximum atomic E-state index is 11.8. The van der Waals surface area contributed by atoms with Crippen molar-refractivity contribution >= 4 is 12.3 Å². The normalized spacial score (nSPS) is 16.1. The molecule has 0 aromatic carbocycles. The van der Waals surface area contributed by atoms with E-state index in [1.807, 2.05) is 0 Å². The lowest BCUT2D eigenvalue weighted by molar-refractivity contribution is -0.134. The second-order valence-corrected chi connectivity index (χ2v) is 4.05. The summed E-state index contributed by atoms with van der Waals surface area (Å²) in [5, 5.41) is 3.09. The number of amides is 2. The van der Waals surface area contributed by atoms with E-state index in [1.54, 1.807) is 16.9 Å². The summed E-state index contributed by atoms with van der Waals surface area (Å²) in [4.78, 5) is 25.7. The molecular weight excluding hydrogens is 222 g/mol. The van der Waals surface area contributed by atoms with E-state index >= 15 is 0 Å². The van der Waals surface area contributed by atoms with Gasteiger partial charge in [0.2, 0.25) is 12.3 Å². The number of rotatable bonds is 7. The van der Waals surface area contributed by atoms with E-state index < -0.39 is 0 Å². The van der Waals surface area contributed by atoms with Crippen LogP contribution in [0.4, 0.5) is 0 Å². The molecule has 98 valence electrons. The largest absolute Gasteiger partial charge is 0.385 e. The fraction of sp³-hybridized carbons (Fsp3) is 0.818. The number of nitrogens with one attached hydrogen (secondary N) is 1. The Morgan fingerprint density at radius 2 is 2.06 bits per heavy atom. The van der Waals surface area contributed by atoms with Crippen molar-refractivity contribution in [2.45, 2.75) is 6.42 Å². The van der Waals surface area contributed by atoms with Gasteiger partial charge >= 0.3 is 0 Å². The van der Waals surface area contributed by atoms with Gasteiger partial charge in [0, 0.05) is 39.9 Å². The molecule has 17 heavy (non-hydrogen) atoms. The molecule has 1 aliphatic rings. The highest BCUT2D eigenvalue weighted by atomic mass is 16.5. The van der Waals surface area contributed by atoms with Gasteiger partial charge in [-0.25, -0.2) is 0 Å². The van der Waals surface area contributed by atoms with E-state index in [9.17, 15) is 9.59 Å². The van der Waals surface area contributed by atoms with Crippen molar-refractivity contribution in [1.29, 1.82) is 0 Å². The zero-order chi connectivity index (χ0) is 12.5. The highest BCUT2D eigenvalue weighted by Gasteiger charge is 2.19. The highest BCUT2D eigenvalue weighted by Crippen LogP contribution is 1.99. The lowest BCUT2D eigenvalue weighted by atomic mass is 10.3. The van der Waals surface area contributed by atoms with Gasteiger partial charge in [-0.2, -0.15) is 0 Å². The number of carbonyl (C=O) groups excluding carboxylic acids is 2. The topological polar surface area (TPSA) is 61.9 Å². The Morgan fingerprint density at radius 3 is 2.65 bits per heavy atom. The van der Waals surface area contributed by atoms with Crippen LogP contribution >= 0.6 is 0 Å². The molecule has 0 atom stereocenters. The van der Waals surface area contributed by atoms with E-state index in [4.69, 9.17) is 4.74 Å². The number of ether oxygens (including phenoxy) is 1. The van der Waals surface area contributed by atoms with Crippen molar-refractivity contribution in [3.05, 3.63) is 0 Å². The van der Waals surface area contributed by atoms with E-state index in [-0.39, 0.29) is 5.91 Å². The van der Waals surface area contributed by atoms with Gasteiger partial charge < -0.3 is 19.9 Å². The Labute approximate surface area is 102 Å². The number of piperazine rings is 1. The first kappa shape index (κ1) is 13.9. The molecule has 0 radical (unpaired) electrons. The molecule has 1 N–H and O–H groups in total. The third-order valence-corrected chi connectivity index (χ3v) is 2.79. The molecule has 1 heterocycles. The van der Waals surface area contributed by atoms with E-state index in [0.29, 0.717) is 39.3 Å². The van der Waals surface area contributed by atoms with Crippen molar-refractivity contribution in [3.63, 3.8) is 0 Å². The zero-order valence-electron chi connectivity index (χ0n) is 10.4. The average Bonchev–Trinajstić information content (AvgIpc) is 2.38. The molecule has 0 aliphatic carbocycles. The predicted molar refractivity (Wildman–Crippen MR) is 63.6 cm³/mol. The minimum atomic E-state index is 0.105. The number of methoxy groups -OCH3 is 1. The van der Waals surface area contributed by atoms with Crippen LogP contribution < -0.4 is 5.32 Å². The molecule has 1 fully saturated rings. The van der Waals surface area contributed by atoms with Crippen molar-refractivity contribution in [1.82, 2.24) is 15.1 Å². The van der Waals surface area contributed by atoms with Crippen LogP contribution in [0.15, 0.2) is 0 Å². The minimum absolute atomic E-state index is 0.105. The van der Waals surface area contributed by atoms with Crippen LogP contribution in [0, 0.1) is 0 Å². The fourth-order valence-corrected chi connectivity index (χ4v) is 1.73. The molecule has 6 nitrogen and oxygen atoms in total. The second kappa shape index (κ2) is 8.03. The Bertz CT molecular complexity index is 240. The van der Waals surface area contributed by atoms with E-state index in [2.05, 4.69) is 5.32 Å². The fourth-order valence-electron chi connectivity index (χ4n) is 1.73. The smallest absolute Gasteiger partial charge is 0.236 e. The van der Waals surface area contributed by atoms with Gasteiger partial charge in [-0.15, -0.1) is 0 Å². The quantitative estimate of drug-likeness (QED) is 0.456. The Morgan fingerprint density at radius 1 is 1.35 bits per heavy atom. The molecule has 1 rings (SSSR count). The molecule has 1 aliphatic heterocycles. The maximum Gasteiger partial charge on any atom is 0.236 e. The van der Waals surface area contributed by atoms with Gasteiger partial charge in [-0.1, -0.05) is 0 Å². The molecule has 1 saturated heterocycles. The van der Waals surface area contributed by atoms with E-state index in [1.165, 1.54) is 0 Å². The molecule has 0 spiro atoms. The standard InChI is InChI=1S/C11H21N3O3/c1-17-8-2-3-12-9-11(16)14-6-4-13(10-15)5-7-14/h10,12H,2-9H2,1H3. The maximum absolute atomic E-state index is 11.8. The van der Waals surface area contributed by atoms with E-state index in [0.717, 1.165) is 19.4 Å². The monoisotopic (exact) mass is 243 g/mol. The number of hydrogen-bond acceptors (Lipinski definition) is 4. The highest BCUT2D eigenvalue weighted by molar-refractivity contribution is 5.78. The SMILES string of the molecule is COCCCNCC(=O)N1CCN(C=O)CC1. The predicted octanol–water partition coefficient (Wildman–Crippen LogP) is -1.09. The minimum Gasteiger partial charge on any atom is -0.385 e. The second-order valence-electron chi connectivity index (χ2n) is 4.05. The number of nitrogens with zero attached hydrogens (tertiary/aromatic N) is 2. The molecule has 0 unspecified atom stereocenters. The summed E-state index contributed by atoms with van der Waals surface area (Å²) in [6, 6.07) is 0. The molecule has 0 aromatic heterocycles. The Balaban J connectivity index is 2.10. The zero-order valence-corrected chi connectivity index (χ0v) is 10.4. The van der Waals surface area contributed by atoms with Crippen molar-refractivity contribution < 1.29 is 14.3 Å². The summed E-state index contributed by atoms with van der Waals surface area (Å²) >= 11 is 0. The van der Waals surface area contributed by atoms with Crippen LogP contribution in [0.2, 0.25) is 0 Å². The van der Waals surface area contributed by atoms with Crippen LogP contribution in [-0.4, -0.2) is 75.1 Å². The Kier molecular flexibility index (Phi) is 6.57. The van der Waals surface area contributed by atoms with Crippen molar-refractivity contribution in [3.8, 4) is 0 Å². The summed E-state index contributed by atoms with van der Waals surface area (Å²) in [5.74, 6) is 0.105. The first-order valence-electron chi connectivity index (χ1n) is 5.94. The molecule has 6 heteroatoms. The molecule has 2 amide bonds. The van der Waals surface area contributed by atoms with Gasteiger partial charge in [-0.3, -0.25) is 9.59 Å². The first-order chi connectivity index (χ1) is 8.27. The summed E-state index contributed by atoms with van der Waals surface area (Å²) < 4.78 is 4.92. The first-order valence-corrected chi connectivity index (χ1v) is 5.94. The summed E-state index contributed by atoms with van der Waals surface area (Å²) in [5.41, 5.74) is 0. The lowest BCUT2D eigenvalue weighted by Crippen LogP contribution is -2.50. The summed E-state index contributed by atoms with van der Waals surface area (Å²) in [7, 11) is 1.66. The van der Waals surface area contributed by atoms with Crippen molar-refractivity contribution in [2.75, 3.05) is 53.0 Å². The molecule has 0 aromatic rings. The number of hydrogen-bond donors (Lipinski definition) is 1. The summed E-state index contributed by atoms with van der Waals surface area (Å²) in [6.45, 7) is 4.41. The van der Waals surface area contributed by atoms with Crippen LogP contribution in [0.1, 0.15) is 6.42 Å². The van der Waals surface area contributed by atoms with Crippen LogP contribution in [-0.2, 0) is 14.3 Å². The third kappa shape index (κ3) is 5.14. The molecule has 0 saturated carbocycles. The Hall–Kier alpha value is -1.14. The summed E-state index contributed by atoms with van der Waals surface area (Å²) in [6.07, 6.45) is 1.74. The van der Waals surface area contributed by atoms with Crippen molar-refractivity contribution in [2.24, 2.45) is 0 Å². The molecule has 0 bridgehead atoms. The number of carbonyl (C=O) groups is 2. The van der Waals surface area contributed by atoms with Gasteiger partial charge in [0.05, 0.1) is 6.54 Å². The van der Waals surface area contributed by atoms with Crippen LogP contribution in [0.25, 0.3) is 0 Å². The van der Waals surface area contributed by atoms with Gasteiger partial charge in [0.25, 0.3) is 0 Å². The third-order valence-electron chi connectivity index (χ3n) is 2.79. The average molecular weight is 243 g/mol.